The first kappa shape index (κ1) is 14.7. The molecule has 0 aliphatic heterocycles. The normalized spacial score (nSPS) is 9.62. The summed E-state index contributed by atoms with van der Waals surface area (Å²) >= 11 is 3.36. The molecule has 0 fully saturated rings. The summed E-state index contributed by atoms with van der Waals surface area (Å²) < 4.78 is 5.93. The highest BCUT2D eigenvalue weighted by Gasteiger charge is 1.98. The fourth-order valence-corrected chi connectivity index (χ4v) is 1.48. The lowest BCUT2D eigenvalue weighted by atomic mass is 10.2. The SMILES string of the molecule is COc1ccc(C=NN=C(N)N)cc1Br.Cl. The Balaban J connectivity index is 0.00000225. The van der Waals surface area contributed by atoms with Crippen molar-refractivity contribution in [3.05, 3.63) is 28.2 Å². The Labute approximate surface area is 108 Å². The topological polar surface area (TPSA) is 86.0 Å². The Morgan fingerprint density at radius 1 is 1.44 bits per heavy atom. The van der Waals surface area contributed by atoms with E-state index in [0.29, 0.717) is 0 Å². The van der Waals surface area contributed by atoms with Gasteiger partial charge in [0.15, 0.2) is 0 Å². The van der Waals surface area contributed by atoms with Gasteiger partial charge in [0.25, 0.3) is 0 Å². The molecule has 0 unspecified atom stereocenters. The molecule has 0 aliphatic carbocycles. The van der Waals surface area contributed by atoms with Gasteiger partial charge in [-0.25, -0.2) is 0 Å². The molecule has 0 radical (unpaired) electrons. The number of rotatable bonds is 3. The van der Waals surface area contributed by atoms with Gasteiger partial charge in [-0.2, -0.15) is 5.10 Å². The molecule has 0 spiro atoms. The molecule has 0 heterocycles. The Bertz CT molecular complexity index is 404. The third kappa shape index (κ3) is 4.50. The minimum absolute atomic E-state index is 0. The van der Waals surface area contributed by atoms with Crippen LogP contribution in [0.4, 0.5) is 0 Å². The highest BCUT2D eigenvalue weighted by molar-refractivity contribution is 9.10. The van der Waals surface area contributed by atoms with Crippen LogP contribution in [0, 0.1) is 0 Å². The van der Waals surface area contributed by atoms with Gasteiger partial charge in [0.05, 0.1) is 17.8 Å². The molecule has 4 N–H and O–H groups in total. The molecule has 5 nitrogen and oxygen atoms in total. The number of hydrogen-bond acceptors (Lipinski definition) is 3. The number of hydrogen-bond donors (Lipinski definition) is 2. The zero-order valence-electron chi connectivity index (χ0n) is 8.55. The second-order valence-electron chi connectivity index (χ2n) is 2.66. The van der Waals surface area contributed by atoms with E-state index in [1.165, 1.54) is 0 Å². The molecule has 0 atom stereocenters. The van der Waals surface area contributed by atoms with Gasteiger partial charge in [0, 0.05) is 0 Å². The van der Waals surface area contributed by atoms with Crippen LogP contribution < -0.4 is 16.2 Å². The lowest BCUT2D eigenvalue weighted by molar-refractivity contribution is 0.412. The number of halogens is 2. The average Bonchev–Trinajstić information content (AvgIpc) is 2.17. The van der Waals surface area contributed by atoms with Crippen molar-refractivity contribution >= 4 is 40.5 Å². The number of nitrogens with zero attached hydrogens (tertiary/aromatic N) is 2. The third-order valence-corrected chi connectivity index (χ3v) is 2.18. The zero-order valence-corrected chi connectivity index (χ0v) is 11.0. The second-order valence-corrected chi connectivity index (χ2v) is 3.52. The predicted molar refractivity (Wildman–Crippen MR) is 71.3 cm³/mol. The second kappa shape index (κ2) is 7.08. The quantitative estimate of drug-likeness (QED) is 0.504. The van der Waals surface area contributed by atoms with Gasteiger partial charge in [0.1, 0.15) is 5.75 Å². The van der Waals surface area contributed by atoms with Gasteiger partial charge < -0.3 is 16.2 Å². The van der Waals surface area contributed by atoms with Gasteiger partial charge >= 0.3 is 0 Å². The maximum absolute atomic E-state index is 5.12. The first-order chi connectivity index (χ1) is 7.13. The van der Waals surface area contributed by atoms with Crippen molar-refractivity contribution in [2.75, 3.05) is 7.11 Å². The lowest BCUT2D eigenvalue weighted by Gasteiger charge is -2.02. The third-order valence-electron chi connectivity index (χ3n) is 1.56. The average molecular weight is 308 g/mol. The highest BCUT2D eigenvalue weighted by atomic mass is 79.9. The van der Waals surface area contributed by atoms with E-state index >= 15 is 0 Å². The van der Waals surface area contributed by atoms with Crippen LogP contribution >= 0.6 is 28.3 Å². The minimum atomic E-state index is -0.0705. The summed E-state index contributed by atoms with van der Waals surface area (Å²) in [4.78, 5) is 0. The summed E-state index contributed by atoms with van der Waals surface area (Å²) in [6.07, 6.45) is 1.55. The molecular weight excluding hydrogens is 295 g/mol. The predicted octanol–water partition coefficient (Wildman–Crippen LogP) is 1.49. The minimum Gasteiger partial charge on any atom is -0.496 e. The van der Waals surface area contributed by atoms with Crippen molar-refractivity contribution in [3.63, 3.8) is 0 Å². The molecule has 1 aromatic carbocycles. The summed E-state index contributed by atoms with van der Waals surface area (Å²) in [5.74, 6) is 0.688. The van der Waals surface area contributed by atoms with Crippen LogP contribution in [-0.4, -0.2) is 19.3 Å². The lowest BCUT2D eigenvalue weighted by Crippen LogP contribution is -2.21. The Morgan fingerprint density at radius 3 is 2.62 bits per heavy atom. The zero-order chi connectivity index (χ0) is 11.3. The van der Waals surface area contributed by atoms with Gasteiger partial charge in [0.2, 0.25) is 5.96 Å². The van der Waals surface area contributed by atoms with Crippen LogP contribution in [0.3, 0.4) is 0 Å². The Hall–Kier alpha value is -1.27. The standard InChI is InChI=1S/C9H11BrN4O.ClH/c1-15-8-3-2-6(4-7(8)10)5-13-14-9(11)12;/h2-5H,1H3,(H4,11,12,14);1H. The fourth-order valence-electron chi connectivity index (χ4n) is 0.925. The van der Waals surface area contributed by atoms with Crippen LogP contribution in [-0.2, 0) is 0 Å². The van der Waals surface area contributed by atoms with Crippen molar-refractivity contribution in [1.29, 1.82) is 0 Å². The molecule has 0 aliphatic rings. The largest absolute Gasteiger partial charge is 0.496 e. The Kier molecular flexibility index (Phi) is 6.52. The van der Waals surface area contributed by atoms with Gasteiger partial charge in [-0.15, -0.1) is 17.5 Å². The molecule has 88 valence electrons. The van der Waals surface area contributed by atoms with Crippen molar-refractivity contribution < 1.29 is 4.74 Å². The number of benzene rings is 1. The van der Waals surface area contributed by atoms with Crippen LogP contribution in [0.25, 0.3) is 0 Å². The molecule has 0 saturated carbocycles. The first-order valence-electron chi connectivity index (χ1n) is 4.09. The van der Waals surface area contributed by atoms with Gasteiger partial charge in [-0.1, -0.05) is 0 Å². The molecular formula is C9H12BrClN4O. The number of ether oxygens (including phenoxy) is 1. The van der Waals surface area contributed by atoms with Crippen LogP contribution in [0.1, 0.15) is 5.56 Å². The molecule has 7 heteroatoms. The van der Waals surface area contributed by atoms with Crippen LogP contribution in [0.2, 0.25) is 0 Å². The molecule has 1 rings (SSSR count). The van der Waals surface area contributed by atoms with E-state index in [9.17, 15) is 0 Å². The fraction of sp³-hybridized carbons (Fsp3) is 0.111. The van der Waals surface area contributed by atoms with Crippen molar-refractivity contribution in [1.82, 2.24) is 0 Å². The molecule has 0 aromatic heterocycles. The van der Waals surface area contributed by atoms with E-state index in [2.05, 4.69) is 26.1 Å². The number of guanidine groups is 1. The van der Waals surface area contributed by atoms with Crippen LogP contribution in [0.15, 0.2) is 32.9 Å². The van der Waals surface area contributed by atoms with E-state index in [4.69, 9.17) is 16.2 Å². The number of nitrogens with two attached hydrogens (primary N) is 2. The summed E-state index contributed by atoms with van der Waals surface area (Å²) in [7, 11) is 1.60. The Morgan fingerprint density at radius 2 is 2.12 bits per heavy atom. The van der Waals surface area contributed by atoms with E-state index in [-0.39, 0.29) is 18.4 Å². The molecule has 1 aromatic rings. The van der Waals surface area contributed by atoms with E-state index in [1.54, 1.807) is 13.3 Å². The van der Waals surface area contributed by atoms with Crippen molar-refractivity contribution in [2.45, 2.75) is 0 Å². The molecule has 16 heavy (non-hydrogen) atoms. The highest BCUT2D eigenvalue weighted by Crippen LogP contribution is 2.24. The van der Waals surface area contributed by atoms with Crippen molar-refractivity contribution in [2.24, 2.45) is 21.7 Å². The monoisotopic (exact) mass is 306 g/mol. The molecule has 0 saturated heterocycles. The van der Waals surface area contributed by atoms with E-state index in [1.807, 2.05) is 18.2 Å². The maximum Gasteiger partial charge on any atom is 0.211 e. The van der Waals surface area contributed by atoms with Gasteiger partial charge in [-0.05, 0) is 39.7 Å². The summed E-state index contributed by atoms with van der Waals surface area (Å²) in [5, 5.41) is 7.18. The maximum atomic E-state index is 5.12. The molecule has 0 bridgehead atoms. The van der Waals surface area contributed by atoms with Crippen molar-refractivity contribution in [3.8, 4) is 5.75 Å². The summed E-state index contributed by atoms with van der Waals surface area (Å²) in [6.45, 7) is 0. The summed E-state index contributed by atoms with van der Waals surface area (Å²) in [6, 6.07) is 5.51. The van der Waals surface area contributed by atoms with E-state index < -0.39 is 0 Å². The first-order valence-corrected chi connectivity index (χ1v) is 4.88. The van der Waals surface area contributed by atoms with Gasteiger partial charge in [-0.3, -0.25) is 0 Å². The van der Waals surface area contributed by atoms with E-state index in [0.717, 1.165) is 15.8 Å². The number of methoxy groups -OCH3 is 1. The smallest absolute Gasteiger partial charge is 0.211 e. The van der Waals surface area contributed by atoms with Crippen LogP contribution in [0.5, 0.6) is 5.75 Å². The molecule has 0 amide bonds. The summed E-state index contributed by atoms with van der Waals surface area (Å²) in [5.41, 5.74) is 11.1.